The molecular weight excluding hydrogens is 480 g/mol. The summed E-state index contributed by atoms with van der Waals surface area (Å²) < 4.78 is 18.0. The van der Waals surface area contributed by atoms with Crippen molar-refractivity contribution in [2.75, 3.05) is 52.4 Å². The van der Waals surface area contributed by atoms with Crippen LogP contribution in [0.1, 0.15) is 16.1 Å². The number of carbonyl (C=O) groups is 1. The van der Waals surface area contributed by atoms with Gasteiger partial charge >= 0.3 is 0 Å². The topological polar surface area (TPSA) is 69.1 Å². The molecule has 196 valence electrons. The molecule has 0 unspecified atom stereocenters. The first-order valence-electron chi connectivity index (χ1n) is 12.6. The van der Waals surface area contributed by atoms with Crippen molar-refractivity contribution in [2.24, 2.45) is 0 Å². The number of aryl methyl sites for hydroxylation is 1. The van der Waals surface area contributed by atoms with E-state index in [2.05, 4.69) is 30.0 Å². The molecule has 1 amide bonds. The highest BCUT2D eigenvalue weighted by Crippen LogP contribution is 2.34. The van der Waals surface area contributed by atoms with Crippen molar-refractivity contribution < 1.29 is 19.0 Å². The van der Waals surface area contributed by atoms with Crippen LogP contribution in [0.5, 0.6) is 17.2 Å². The average molecular weight is 513 g/mol. The van der Waals surface area contributed by atoms with Gasteiger partial charge in [-0.15, -0.1) is 0 Å². The van der Waals surface area contributed by atoms with E-state index in [-0.39, 0.29) is 5.91 Å². The molecule has 8 heteroatoms. The monoisotopic (exact) mass is 512 g/mol. The average Bonchev–Trinajstić information content (AvgIpc) is 3.42. The molecule has 0 spiro atoms. The van der Waals surface area contributed by atoms with Crippen molar-refractivity contribution >= 4 is 11.6 Å². The Bertz CT molecular complexity index is 1420. The Morgan fingerprint density at radius 3 is 2.13 bits per heavy atom. The lowest BCUT2D eigenvalue weighted by atomic mass is 10.1. The number of ether oxygens (including phenoxy) is 3. The van der Waals surface area contributed by atoms with E-state index in [0.29, 0.717) is 36.0 Å². The molecule has 1 aromatic heterocycles. The quantitative estimate of drug-likeness (QED) is 0.353. The Morgan fingerprint density at radius 2 is 1.47 bits per heavy atom. The SMILES string of the molecule is COc1ccc(-n2nc(-c3ccc(OC)cc3OC)cc2C(=O)N2CCN(c3ccccc3C)CC2)cc1. The van der Waals surface area contributed by atoms with Gasteiger partial charge in [-0.3, -0.25) is 4.79 Å². The third-order valence-corrected chi connectivity index (χ3v) is 6.95. The number of methoxy groups -OCH3 is 3. The van der Waals surface area contributed by atoms with E-state index in [1.54, 1.807) is 26.0 Å². The summed E-state index contributed by atoms with van der Waals surface area (Å²) in [6, 6.07) is 23.3. The number of para-hydroxylation sites is 1. The standard InChI is InChI=1S/C30H32N4O4/c1-21-7-5-6-8-27(21)32-15-17-33(18-16-32)30(35)28-20-26(25-14-13-24(37-3)19-29(25)38-4)31-34(28)22-9-11-23(36-2)12-10-22/h5-14,19-20H,15-18H2,1-4H3. The Labute approximate surface area is 223 Å². The molecule has 3 aromatic carbocycles. The largest absolute Gasteiger partial charge is 0.497 e. The van der Waals surface area contributed by atoms with Gasteiger partial charge in [0.1, 0.15) is 22.9 Å². The van der Waals surface area contributed by atoms with Crippen LogP contribution in [-0.2, 0) is 0 Å². The fraction of sp³-hybridized carbons (Fsp3) is 0.267. The predicted octanol–water partition coefficient (Wildman–Crippen LogP) is 4.84. The number of carbonyl (C=O) groups excluding carboxylic acids is 1. The third kappa shape index (κ3) is 4.89. The highest BCUT2D eigenvalue weighted by Gasteiger charge is 2.27. The van der Waals surface area contributed by atoms with E-state index in [0.717, 1.165) is 30.1 Å². The molecule has 0 N–H and O–H groups in total. The summed E-state index contributed by atoms with van der Waals surface area (Å²) in [4.78, 5) is 18.1. The minimum atomic E-state index is -0.0588. The molecule has 0 aliphatic carbocycles. The Morgan fingerprint density at radius 1 is 0.789 bits per heavy atom. The van der Waals surface area contributed by atoms with Crippen LogP contribution >= 0.6 is 0 Å². The highest BCUT2D eigenvalue weighted by molar-refractivity contribution is 5.95. The first kappa shape index (κ1) is 25.2. The van der Waals surface area contributed by atoms with Crippen molar-refractivity contribution in [1.82, 2.24) is 14.7 Å². The second-order valence-electron chi connectivity index (χ2n) is 9.16. The van der Waals surface area contributed by atoms with Crippen LogP contribution < -0.4 is 19.1 Å². The van der Waals surface area contributed by atoms with Crippen LogP contribution in [-0.4, -0.2) is 68.1 Å². The van der Waals surface area contributed by atoms with Gasteiger partial charge in [0.05, 0.1) is 32.7 Å². The van der Waals surface area contributed by atoms with Gasteiger partial charge in [-0.05, 0) is 61.0 Å². The fourth-order valence-corrected chi connectivity index (χ4v) is 4.83. The molecule has 0 atom stereocenters. The minimum Gasteiger partial charge on any atom is -0.497 e. The second kappa shape index (κ2) is 10.9. The maximum Gasteiger partial charge on any atom is 0.272 e. The van der Waals surface area contributed by atoms with Crippen molar-refractivity contribution in [3.05, 3.63) is 84.1 Å². The highest BCUT2D eigenvalue weighted by atomic mass is 16.5. The van der Waals surface area contributed by atoms with E-state index >= 15 is 0 Å². The molecule has 0 bridgehead atoms. The molecule has 2 heterocycles. The molecule has 0 radical (unpaired) electrons. The molecule has 1 fully saturated rings. The Balaban J connectivity index is 1.48. The first-order valence-corrected chi connectivity index (χ1v) is 12.6. The van der Waals surface area contributed by atoms with Gasteiger partial charge in [0.25, 0.3) is 5.91 Å². The van der Waals surface area contributed by atoms with Crippen LogP contribution in [0.25, 0.3) is 16.9 Å². The summed E-state index contributed by atoms with van der Waals surface area (Å²) in [5.74, 6) is 1.98. The number of hydrogen-bond acceptors (Lipinski definition) is 6. The summed E-state index contributed by atoms with van der Waals surface area (Å²) in [7, 11) is 4.85. The van der Waals surface area contributed by atoms with Crippen molar-refractivity contribution in [3.63, 3.8) is 0 Å². The number of amides is 1. The van der Waals surface area contributed by atoms with Crippen LogP contribution in [0, 0.1) is 6.92 Å². The summed E-state index contributed by atoms with van der Waals surface area (Å²) in [5.41, 5.74) is 5.14. The number of hydrogen-bond donors (Lipinski definition) is 0. The number of nitrogens with zero attached hydrogens (tertiary/aromatic N) is 4. The fourth-order valence-electron chi connectivity index (χ4n) is 4.83. The van der Waals surface area contributed by atoms with Gasteiger partial charge in [-0.2, -0.15) is 5.10 Å². The zero-order valence-corrected chi connectivity index (χ0v) is 22.2. The molecule has 1 aliphatic rings. The van der Waals surface area contributed by atoms with E-state index in [9.17, 15) is 4.79 Å². The number of piperazine rings is 1. The second-order valence-corrected chi connectivity index (χ2v) is 9.16. The van der Waals surface area contributed by atoms with Crippen LogP contribution in [0.3, 0.4) is 0 Å². The lowest BCUT2D eigenvalue weighted by Crippen LogP contribution is -2.49. The molecule has 38 heavy (non-hydrogen) atoms. The van der Waals surface area contributed by atoms with Crippen LogP contribution in [0.15, 0.2) is 72.8 Å². The van der Waals surface area contributed by atoms with E-state index < -0.39 is 0 Å². The zero-order chi connectivity index (χ0) is 26.6. The van der Waals surface area contributed by atoms with Crippen LogP contribution in [0.4, 0.5) is 5.69 Å². The smallest absolute Gasteiger partial charge is 0.272 e. The Kier molecular flexibility index (Phi) is 7.22. The molecule has 1 aliphatic heterocycles. The van der Waals surface area contributed by atoms with Gasteiger partial charge in [0.2, 0.25) is 0 Å². The van der Waals surface area contributed by atoms with Gasteiger partial charge in [-0.1, -0.05) is 18.2 Å². The maximum absolute atomic E-state index is 13.9. The van der Waals surface area contributed by atoms with Crippen molar-refractivity contribution in [3.8, 4) is 34.2 Å². The lowest BCUT2D eigenvalue weighted by molar-refractivity contribution is 0.0737. The van der Waals surface area contributed by atoms with Gasteiger partial charge in [0, 0.05) is 43.5 Å². The number of benzene rings is 3. The van der Waals surface area contributed by atoms with Crippen LogP contribution in [0.2, 0.25) is 0 Å². The van der Waals surface area contributed by atoms with Crippen molar-refractivity contribution in [2.45, 2.75) is 6.92 Å². The molecule has 1 saturated heterocycles. The first-order chi connectivity index (χ1) is 18.5. The maximum atomic E-state index is 13.9. The minimum absolute atomic E-state index is 0.0588. The molecular formula is C30H32N4O4. The van der Waals surface area contributed by atoms with E-state index in [1.807, 2.05) is 59.5 Å². The van der Waals surface area contributed by atoms with Gasteiger partial charge in [-0.25, -0.2) is 4.68 Å². The lowest BCUT2D eigenvalue weighted by Gasteiger charge is -2.36. The predicted molar refractivity (Wildman–Crippen MR) is 148 cm³/mol. The normalized spacial score (nSPS) is 13.4. The summed E-state index contributed by atoms with van der Waals surface area (Å²) in [5, 5.41) is 4.86. The summed E-state index contributed by atoms with van der Waals surface area (Å²) in [6.45, 7) is 4.92. The van der Waals surface area contributed by atoms with Gasteiger partial charge < -0.3 is 24.0 Å². The van der Waals surface area contributed by atoms with E-state index in [1.165, 1.54) is 11.3 Å². The molecule has 4 aromatic rings. The number of anilines is 1. The number of rotatable bonds is 7. The third-order valence-electron chi connectivity index (χ3n) is 6.95. The summed E-state index contributed by atoms with van der Waals surface area (Å²) in [6.07, 6.45) is 0. The zero-order valence-electron chi connectivity index (χ0n) is 22.2. The molecule has 0 saturated carbocycles. The van der Waals surface area contributed by atoms with E-state index in [4.69, 9.17) is 19.3 Å². The number of aromatic nitrogens is 2. The molecule has 8 nitrogen and oxygen atoms in total. The summed E-state index contributed by atoms with van der Waals surface area (Å²) >= 11 is 0. The van der Waals surface area contributed by atoms with Crippen molar-refractivity contribution in [1.29, 1.82) is 0 Å². The van der Waals surface area contributed by atoms with Gasteiger partial charge in [0.15, 0.2) is 0 Å². The molecule has 5 rings (SSSR count). The Hall–Kier alpha value is -4.46.